The van der Waals surface area contributed by atoms with E-state index in [0.29, 0.717) is 16.5 Å². The molecule has 0 unspecified atom stereocenters. The molecule has 2 heterocycles. The Hall–Kier alpha value is -3.13. The second-order valence-corrected chi connectivity index (χ2v) is 5.30. The number of nitrogens with one attached hydrogen (secondary N) is 1. The number of rotatable bonds is 3. The number of H-pyrrole nitrogens is 1. The lowest BCUT2D eigenvalue weighted by atomic mass is 10.3. The van der Waals surface area contributed by atoms with E-state index in [2.05, 4.69) is 15.1 Å². The van der Waals surface area contributed by atoms with Crippen LogP contribution in [-0.4, -0.2) is 26.0 Å². The Bertz CT molecular complexity index is 1050. The van der Waals surface area contributed by atoms with Gasteiger partial charge >= 0.3 is 5.69 Å². The molecule has 1 aromatic carbocycles. The number of aromatic nitrogens is 3. The fourth-order valence-electron chi connectivity index (χ4n) is 2.05. The first kappa shape index (κ1) is 15.8. The van der Waals surface area contributed by atoms with Crippen molar-refractivity contribution in [3.8, 4) is 11.6 Å². The van der Waals surface area contributed by atoms with Crippen molar-refractivity contribution in [3.05, 3.63) is 67.5 Å². The van der Waals surface area contributed by atoms with Crippen molar-refractivity contribution in [1.82, 2.24) is 14.7 Å². The molecule has 2 N–H and O–H groups in total. The highest BCUT2D eigenvalue weighted by atomic mass is 35.5. The third kappa shape index (κ3) is 2.99. The molecular weight excluding hydrogens is 336 g/mol. The van der Waals surface area contributed by atoms with Crippen molar-refractivity contribution in [2.24, 2.45) is 4.99 Å². The van der Waals surface area contributed by atoms with Crippen LogP contribution in [0.25, 0.3) is 5.69 Å². The molecule has 0 aliphatic rings. The molecule has 24 heavy (non-hydrogen) atoms. The van der Waals surface area contributed by atoms with Gasteiger partial charge in [-0.2, -0.15) is 0 Å². The summed E-state index contributed by atoms with van der Waals surface area (Å²) in [6.07, 6.45) is 1.10. The molecule has 0 spiro atoms. The SMILES string of the molecule is Cc1cc(N=Cc2c(O)n(-c3cccc(Cl)c3)c(=O)[nH]c2=O)no1. The van der Waals surface area contributed by atoms with E-state index in [4.69, 9.17) is 16.1 Å². The molecular formula is C15H11ClN4O4. The molecule has 122 valence electrons. The molecule has 0 amide bonds. The van der Waals surface area contributed by atoms with Gasteiger partial charge in [-0.1, -0.05) is 22.8 Å². The molecule has 0 radical (unpaired) electrons. The van der Waals surface area contributed by atoms with Crippen LogP contribution >= 0.6 is 11.6 Å². The maximum Gasteiger partial charge on any atom is 0.335 e. The standard InChI is InChI=1S/C15H11ClN4O4/c1-8-5-12(19-24-8)17-7-11-13(21)18-15(23)20(14(11)22)10-4-2-3-9(16)6-10/h2-7,22H,1H3,(H,18,21,23). The zero-order valence-electron chi connectivity index (χ0n) is 12.4. The number of nitrogens with zero attached hydrogens (tertiary/aromatic N) is 3. The predicted octanol–water partition coefficient (Wildman–Crippen LogP) is 1.93. The van der Waals surface area contributed by atoms with Crippen LogP contribution < -0.4 is 11.2 Å². The van der Waals surface area contributed by atoms with Crippen LogP contribution in [0.4, 0.5) is 5.82 Å². The predicted molar refractivity (Wildman–Crippen MR) is 87.8 cm³/mol. The van der Waals surface area contributed by atoms with Crippen LogP contribution in [0.5, 0.6) is 5.88 Å². The quantitative estimate of drug-likeness (QED) is 0.703. The minimum absolute atomic E-state index is 0.199. The van der Waals surface area contributed by atoms with E-state index in [1.54, 1.807) is 31.2 Å². The summed E-state index contributed by atoms with van der Waals surface area (Å²) < 4.78 is 5.78. The highest BCUT2D eigenvalue weighted by molar-refractivity contribution is 6.30. The van der Waals surface area contributed by atoms with E-state index in [1.807, 2.05) is 0 Å². The number of halogens is 1. The van der Waals surface area contributed by atoms with Gasteiger partial charge in [-0.15, -0.1) is 0 Å². The summed E-state index contributed by atoms with van der Waals surface area (Å²) in [7, 11) is 0. The van der Waals surface area contributed by atoms with E-state index in [1.165, 1.54) is 6.07 Å². The van der Waals surface area contributed by atoms with Gasteiger partial charge in [-0.05, 0) is 25.1 Å². The van der Waals surface area contributed by atoms with E-state index in [0.717, 1.165) is 10.8 Å². The van der Waals surface area contributed by atoms with Crippen molar-refractivity contribution in [2.45, 2.75) is 6.92 Å². The Morgan fingerprint density at radius 2 is 2.17 bits per heavy atom. The molecule has 3 rings (SSSR count). The smallest absolute Gasteiger partial charge is 0.335 e. The zero-order valence-corrected chi connectivity index (χ0v) is 13.1. The van der Waals surface area contributed by atoms with Gasteiger partial charge in [0.05, 0.1) is 5.69 Å². The fourth-order valence-corrected chi connectivity index (χ4v) is 2.24. The van der Waals surface area contributed by atoms with Crippen molar-refractivity contribution < 1.29 is 9.63 Å². The number of hydrogen-bond donors (Lipinski definition) is 2. The average molecular weight is 347 g/mol. The largest absolute Gasteiger partial charge is 0.493 e. The lowest BCUT2D eigenvalue weighted by Crippen LogP contribution is -2.31. The lowest BCUT2D eigenvalue weighted by Gasteiger charge is -2.09. The van der Waals surface area contributed by atoms with Crippen LogP contribution in [0.2, 0.25) is 5.02 Å². The van der Waals surface area contributed by atoms with E-state index >= 15 is 0 Å². The summed E-state index contributed by atoms with van der Waals surface area (Å²) in [5.74, 6) is 0.214. The van der Waals surface area contributed by atoms with Crippen LogP contribution in [-0.2, 0) is 0 Å². The fraction of sp³-hybridized carbons (Fsp3) is 0.0667. The minimum atomic E-state index is -0.797. The zero-order chi connectivity index (χ0) is 17.3. The number of benzene rings is 1. The Balaban J connectivity index is 2.14. The summed E-state index contributed by atoms with van der Waals surface area (Å²) in [4.78, 5) is 30.1. The third-order valence-electron chi connectivity index (χ3n) is 3.13. The lowest BCUT2D eigenvalue weighted by molar-refractivity contribution is 0.399. The summed E-state index contributed by atoms with van der Waals surface area (Å²) in [5, 5.41) is 14.4. The van der Waals surface area contributed by atoms with Gasteiger partial charge in [0.2, 0.25) is 5.88 Å². The van der Waals surface area contributed by atoms with Gasteiger partial charge in [-0.25, -0.2) is 14.4 Å². The third-order valence-corrected chi connectivity index (χ3v) is 3.36. The Kier molecular flexibility index (Phi) is 4.05. The van der Waals surface area contributed by atoms with Gasteiger partial charge in [0, 0.05) is 17.3 Å². The van der Waals surface area contributed by atoms with Gasteiger partial charge in [0.25, 0.3) is 5.56 Å². The maximum absolute atomic E-state index is 12.0. The summed E-state index contributed by atoms with van der Waals surface area (Å²) >= 11 is 5.90. The molecule has 0 fully saturated rings. The highest BCUT2D eigenvalue weighted by Crippen LogP contribution is 2.19. The van der Waals surface area contributed by atoms with Gasteiger partial charge in [0.15, 0.2) is 5.82 Å². The van der Waals surface area contributed by atoms with Crippen LogP contribution in [0.15, 0.2) is 49.4 Å². The topological polar surface area (TPSA) is 113 Å². The minimum Gasteiger partial charge on any atom is -0.493 e. The molecule has 2 aromatic heterocycles. The van der Waals surface area contributed by atoms with Crippen LogP contribution in [0, 0.1) is 6.92 Å². The number of aliphatic imine (C=N–C) groups is 1. The molecule has 9 heteroatoms. The Labute approximate surface area is 139 Å². The maximum atomic E-state index is 12.0. The average Bonchev–Trinajstić information content (AvgIpc) is 2.92. The Morgan fingerprint density at radius 1 is 1.38 bits per heavy atom. The van der Waals surface area contributed by atoms with Crippen molar-refractivity contribution >= 4 is 23.6 Å². The van der Waals surface area contributed by atoms with Gasteiger partial charge in [0.1, 0.15) is 11.3 Å². The molecule has 0 bridgehead atoms. The summed E-state index contributed by atoms with van der Waals surface area (Å²) in [6, 6.07) is 7.82. The van der Waals surface area contributed by atoms with Crippen molar-refractivity contribution in [1.29, 1.82) is 0 Å². The van der Waals surface area contributed by atoms with E-state index in [-0.39, 0.29) is 11.4 Å². The number of aryl methyl sites for hydroxylation is 1. The first-order valence-corrected chi connectivity index (χ1v) is 7.15. The van der Waals surface area contributed by atoms with Gasteiger partial charge in [-0.3, -0.25) is 9.78 Å². The number of hydrogen-bond acceptors (Lipinski definition) is 6. The molecule has 0 aliphatic carbocycles. The van der Waals surface area contributed by atoms with E-state index in [9.17, 15) is 14.7 Å². The summed E-state index contributed by atoms with van der Waals surface area (Å²) in [5.41, 5.74) is -1.47. The van der Waals surface area contributed by atoms with E-state index < -0.39 is 17.1 Å². The van der Waals surface area contributed by atoms with Gasteiger partial charge < -0.3 is 9.63 Å². The number of aromatic hydroxyl groups is 1. The molecule has 8 nitrogen and oxygen atoms in total. The molecule has 0 aliphatic heterocycles. The highest BCUT2D eigenvalue weighted by Gasteiger charge is 2.14. The molecule has 0 atom stereocenters. The summed E-state index contributed by atoms with van der Waals surface area (Å²) in [6.45, 7) is 1.69. The monoisotopic (exact) mass is 346 g/mol. The van der Waals surface area contributed by atoms with Crippen molar-refractivity contribution in [3.63, 3.8) is 0 Å². The van der Waals surface area contributed by atoms with Crippen molar-refractivity contribution in [2.75, 3.05) is 0 Å². The van der Waals surface area contributed by atoms with Crippen LogP contribution in [0.3, 0.4) is 0 Å². The second kappa shape index (κ2) is 6.17. The Morgan fingerprint density at radius 3 is 2.83 bits per heavy atom. The molecule has 0 saturated carbocycles. The molecule has 0 saturated heterocycles. The second-order valence-electron chi connectivity index (χ2n) is 4.87. The first-order valence-electron chi connectivity index (χ1n) is 6.77. The van der Waals surface area contributed by atoms with Crippen LogP contribution in [0.1, 0.15) is 11.3 Å². The normalized spacial score (nSPS) is 11.2. The molecule has 3 aromatic rings. The number of aromatic amines is 1. The first-order chi connectivity index (χ1) is 11.5.